The smallest absolute Gasteiger partial charge is 0.271 e. The highest BCUT2D eigenvalue weighted by molar-refractivity contribution is 7.10. The van der Waals surface area contributed by atoms with E-state index in [2.05, 4.69) is 5.10 Å². The van der Waals surface area contributed by atoms with Crippen LogP contribution in [0.3, 0.4) is 0 Å². The molecule has 2 rings (SSSR count). The summed E-state index contributed by atoms with van der Waals surface area (Å²) >= 11 is 1.55. The first-order valence-electron chi connectivity index (χ1n) is 4.93. The van der Waals surface area contributed by atoms with Gasteiger partial charge in [0.05, 0.1) is 11.7 Å². The van der Waals surface area contributed by atoms with Gasteiger partial charge in [0.2, 0.25) is 0 Å². The van der Waals surface area contributed by atoms with Crippen LogP contribution >= 0.6 is 11.3 Å². The third kappa shape index (κ3) is 1.91. The Bertz CT molecular complexity index is 545. The first kappa shape index (κ1) is 11.0. The summed E-state index contributed by atoms with van der Waals surface area (Å²) in [7, 11) is 1.64. The molecular weight excluding hydrogens is 222 g/mol. The Morgan fingerprint density at radius 1 is 1.56 bits per heavy atom. The van der Waals surface area contributed by atoms with Gasteiger partial charge in [0.15, 0.2) is 0 Å². The van der Waals surface area contributed by atoms with Gasteiger partial charge in [0.1, 0.15) is 0 Å². The van der Waals surface area contributed by atoms with Crippen LogP contribution in [-0.4, -0.2) is 9.78 Å². The van der Waals surface area contributed by atoms with E-state index in [4.69, 9.17) is 5.73 Å². The molecule has 2 N–H and O–H groups in total. The Balaban J connectivity index is 2.52. The summed E-state index contributed by atoms with van der Waals surface area (Å²) in [5.74, 6) is 0. The molecule has 0 aromatic carbocycles. The van der Waals surface area contributed by atoms with Gasteiger partial charge >= 0.3 is 0 Å². The Kier molecular flexibility index (Phi) is 2.89. The fraction of sp³-hybridized carbons (Fsp3) is 0.273. The van der Waals surface area contributed by atoms with Crippen LogP contribution in [0.4, 0.5) is 0 Å². The number of hydrogen-bond acceptors (Lipinski definition) is 4. The predicted octanol–water partition coefficient (Wildman–Crippen LogP) is 1.20. The van der Waals surface area contributed by atoms with E-state index in [-0.39, 0.29) is 11.6 Å². The van der Waals surface area contributed by atoms with Gasteiger partial charge < -0.3 is 5.73 Å². The molecule has 0 radical (unpaired) electrons. The monoisotopic (exact) mass is 235 g/mol. The Morgan fingerprint density at radius 3 is 2.94 bits per heavy atom. The topological polar surface area (TPSA) is 60.9 Å². The van der Waals surface area contributed by atoms with E-state index in [1.807, 2.05) is 24.4 Å². The van der Waals surface area contributed by atoms with E-state index in [1.165, 1.54) is 4.68 Å². The zero-order valence-electron chi connectivity index (χ0n) is 9.18. The summed E-state index contributed by atoms with van der Waals surface area (Å²) in [5, 5.41) is 6.00. The van der Waals surface area contributed by atoms with E-state index >= 15 is 0 Å². The van der Waals surface area contributed by atoms with Crippen LogP contribution in [-0.2, 0) is 7.05 Å². The molecule has 0 saturated heterocycles. The second-order valence-electron chi connectivity index (χ2n) is 3.66. The molecule has 0 saturated carbocycles. The van der Waals surface area contributed by atoms with E-state index in [1.54, 1.807) is 24.5 Å². The van der Waals surface area contributed by atoms with Gasteiger partial charge in [-0.3, -0.25) is 4.79 Å². The molecule has 2 aromatic heterocycles. The number of rotatable bonds is 2. The molecule has 1 unspecified atom stereocenters. The maximum Gasteiger partial charge on any atom is 0.271 e. The molecule has 16 heavy (non-hydrogen) atoms. The molecule has 0 aliphatic rings. The van der Waals surface area contributed by atoms with Crippen LogP contribution in [0.1, 0.15) is 22.2 Å². The maximum atomic E-state index is 11.9. The van der Waals surface area contributed by atoms with Crippen LogP contribution in [0.2, 0.25) is 0 Å². The summed E-state index contributed by atoms with van der Waals surface area (Å²) in [4.78, 5) is 12.9. The van der Waals surface area contributed by atoms with Crippen molar-refractivity contribution in [1.29, 1.82) is 0 Å². The van der Waals surface area contributed by atoms with Crippen LogP contribution in [0, 0.1) is 6.92 Å². The molecule has 0 aliphatic carbocycles. The van der Waals surface area contributed by atoms with E-state index in [0.29, 0.717) is 5.56 Å². The lowest BCUT2D eigenvalue weighted by atomic mass is 10.1. The summed E-state index contributed by atoms with van der Waals surface area (Å²) in [6.45, 7) is 1.85. The van der Waals surface area contributed by atoms with Gasteiger partial charge in [-0.2, -0.15) is 5.10 Å². The highest BCUT2D eigenvalue weighted by atomic mass is 32.1. The van der Waals surface area contributed by atoms with Crippen molar-refractivity contribution in [2.45, 2.75) is 13.0 Å². The normalized spacial score (nSPS) is 12.7. The second-order valence-corrected chi connectivity index (χ2v) is 4.64. The number of aromatic nitrogens is 2. The third-order valence-electron chi connectivity index (χ3n) is 2.40. The van der Waals surface area contributed by atoms with Gasteiger partial charge in [-0.1, -0.05) is 6.07 Å². The minimum atomic E-state index is -0.361. The zero-order valence-corrected chi connectivity index (χ0v) is 9.99. The molecule has 0 fully saturated rings. The first-order valence-corrected chi connectivity index (χ1v) is 5.81. The predicted molar refractivity (Wildman–Crippen MR) is 64.6 cm³/mol. The summed E-state index contributed by atoms with van der Waals surface area (Å²) in [6.07, 6.45) is 0. The van der Waals surface area contributed by atoms with Crippen LogP contribution in [0.25, 0.3) is 0 Å². The second kappa shape index (κ2) is 4.19. The van der Waals surface area contributed by atoms with Crippen LogP contribution < -0.4 is 11.3 Å². The van der Waals surface area contributed by atoms with Gasteiger partial charge in [-0.25, -0.2) is 4.68 Å². The number of hydrogen-bond donors (Lipinski definition) is 1. The van der Waals surface area contributed by atoms with Crippen molar-refractivity contribution in [3.8, 4) is 0 Å². The van der Waals surface area contributed by atoms with Crippen molar-refractivity contribution in [3.63, 3.8) is 0 Å². The molecule has 4 nitrogen and oxygen atoms in total. The average molecular weight is 235 g/mol. The van der Waals surface area contributed by atoms with Gasteiger partial charge in [0, 0.05) is 17.5 Å². The van der Waals surface area contributed by atoms with Gasteiger partial charge in [0.25, 0.3) is 5.56 Å². The number of nitrogens with two attached hydrogens (primary N) is 1. The van der Waals surface area contributed by atoms with Crippen LogP contribution in [0.15, 0.2) is 28.4 Å². The molecule has 2 heterocycles. The van der Waals surface area contributed by atoms with Crippen molar-refractivity contribution in [1.82, 2.24) is 9.78 Å². The largest absolute Gasteiger partial charge is 0.319 e. The van der Waals surface area contributed by atoms with Crippen molar-refractivity contribution in [2.24, 2.45) is 12.8 Å². The SMILES string of the molecule is Cc1cc(C(N)c2cccs2)c(=O)n(C)n1. The first-order chi connectivity index (χ1) is 7.59. The minimum absolute atomic E-state index is 0.133. The molecule has 5 heteroatoms. The summed E-state index contributed by atoms with van der Waals surface area (Å²) < 4.78 is 1.33. The Labute approximate surface area is 97.3 Å². The van der Waals surface area contributed by atoms with Crippen molar-refractivity contribution in [2.75, 3.05) is 0 Å². The quantitative estimate of drug-likeness (QED) is 0.850. The fourth-order valence-electron chi connectivity index (χ4n) is 1.63. The molecule has 0 spiro atoms. The standard InChI is InChI=1S/C11H13N3OS/c1-7-6-8(11(15)14(2)13-7)10(12)9-4-3-5-16-9/h3-6,10H,12H2,1-2H3. The zero-order chi connectivity index (χ0) is 11.7. The lowest BCUT2D eigenvalue weighted by molar-refractivity contribution is 0.668. The molecule has 0 amide bonds. The Hall–Kier alpha value is -1.46. The van der Waals surface area contributed by atoms with E-state index in [0.717, 1.165) is 10.6 Å². The van der Waals surface area contributed by atoms with Gasteiger partial charge in [-0.15, -0.1) is 11.3 Å². The van der Waals surface area contributed by atoms with E-state index < -0.39 is 0 Å². The molecule has 0 aliphatic heterocycles. The van der Waals surface area contributed by atoms with Crippen molar-refractivity contribution < 1.29 is 0 Å². The molecule has 0 bridgehead atoms. The van der Waals surface area contributed by atoms with Crippen molar-refractivity contribution in [3.05, 3.63) is 50.1 Å². The molecule has 1 atom stereocenters. The minimum Gasteiger partial charge on any atom is -0.319 e. The third-order valence-corrected chi connectivity index (χ3v) is 3.35. The molecule has 2 aromatic rings. The molecular formula is C11H13N3OS. The lowest BCUT2D eigenvalue weighted by Crippen LogP contribution is -2.29. The average Bonchev–Trinajstić information content (AvgIpc) is 2.75. The highest BCUT2D eigenvalue weighted by Gasteiger charge is 2.15. The lowest BCUT2D eigenvalue weighted by Gasteiger charge is -2.10. The van der Waals surface area contributed by atoms with Crippen LogP contribution in [0.5, 0.6) is 0 Å². The van der Waals surface area contributed by atoms with E-state index in [9.17, 15) is 4.79 Å². The highest BCUT2D eigenvalue weighted by Crippen LogP contribution is 2.21. The summed E-state index contributed by atoms with van der Waals surface area (Å²) in [5.41, 5.74) is 7.33. The molecule has 84 valence electrons. The number of nitrogens with zero attached hydrogens (tertiary/aromatic N) is 2. The van der Waals surface area contributed by atoms with Crippen molar-refractivity contribution >= 4 is 11.3 Å². The fourth-order valence-corrected chi connectivity index (χ4v) is 2.37. The number of thiophene rings is 1. The van der Waals surface area contributed by atoms with Gasteiger partial charge in [-0.05, 0) is 24.4 Å². The Morgan fingerprint density at radius 2 is 2.31 bits per heavy atom. The summed E-state index contributed by atoms with van der Waals surface area (Å²) in [6, 6.07) is 5.26. The maximum absolute atomic E-state index is 11.9. The number of aryl methyl sites for hydroxylation is 2.